The van der Waals surface area contributed by atoms with Gasteiger partial charge in [0.15, 0.2) is 0 Å². The van der Waals surface area contributed by atoms with E-state index in [9.17, 15) is 0 Å². The first kappa shape index (κ1) is 9.27. The molecule has 0 aromatic rings. The summed E-state index contributed by atoms with van der Waals surface area (Å²) in [6.45, 7) is 6.43. The van der Waals surface area contributed by atoms with Crippen LogP contribution in [0, 0.1) is 0 Å². The Morgan fingerprint density at radius 3 is 1.78 bits per heavy atom. The average molecular weight is 148 g/mol. The molecule has 0 fully saturated rings. The Bertz CT molecular complexity index is 75.6. The zero-order valence-electron chi connectivity index (χ0n) is 6.86. The van der Waals surface area contributed by atoms with Crippen LogP contribution in [0.3, 0.4) is 0 Å². The van der Waals surface area contributed by atoms with E-state index < -0.39 is 0 Å². The third-order valence-corrected chi connectivity index (χ3v) is 1.60. The van der Waals surface area contributed by atoms with E-state index in [4.69, 9.17) is 0 Å². The molecule has 0 saturated carbocycles. The van der Waals surface area contributed by atoms with Gasteiger partial charge in [0, 0.05) is 17.7 Å². The maximum atomic E-state index is 3.26. The first-order valence-electron chi connectivity index (χ1n) is 3.03. The molecule has 0 radical (unpaired) electrons. The van der Waals surface area contributed by atoms with E-state index in [1.807, 2.05) is 18.4 Å². The number of hydrogen-bond acceptors (Lipinski definition) is 3. The molecule has 0 saturated heterocycles. The monoisotopic (exact) mass is 148 g/mol. The molecular weight excluding hydrogens is 132 g/mol. The Morgan fingerprint density at radius 2 is 1.67 bits per heavy atom. The Balaban J connectivity index is 3.28. The van der Waals surface area contributed by atoms with Gasteiger partial charge in [-0.05, 0) is 34.9 Å². The van der Waals surface area contributed by atoms with Crippen LogP contribution in [-0.2, 0) is 0 Å². The molecule has 0 unspecified atom stereocenters. The highest BCUT2D eigenvalue weighted by Crippen LogP contribution is 2.07. The van der Waals surface area contributed by atoms with Gasteiger partial charge in [-0.25, -0.2) is 9.03 Å². The summed E-state index contributed by atoms with van der Waals surface area (Å²) in [4.78, 5) is 0. The summed E-state index contributed by atoms with van der Waals surface area (Å²) in [5, 5.41) is 0. The lowest BCUT2D eigenvalue weighted by molar-refractivity contribution is 0.523. The van der Waals surface area contributed by atoms with Crippen LogP contribution in [0.25, 0.3) is 0 Å². The summed E-state index contributed by atoms with van der Waals surface area (Å²) in [5.41, 5.74) is 0.203. The van der Waals surface area contributed by atoms with E-state index in [2.05, 4.69) is 25.5 Å². The smallest absolute Gasteiger partial charge is 0.0210 e. The molecule has 0 bridgehead atoms. The van der Waals surface area contributed by atoms with Crippen molar-refractivity contribution in [3.8, 4) is 0 Å². The lowest BCUT2D eigenvalue weighted by Gasteiger charge is -2.21. The second-order valence-corrected chi connectivity index (χ2v) is 4.37. The second kappa shape index (κ2) is 3.44. The third-order valence-electron chi connectivity index (χ3n) is 0.534. The highest BCUT2D eigenvalue weighted by Gasteiger charge is 2.08. The summed E-state index contributed by atoms with van der Waals surface area (Å²) >= 11 is 1.62. The van der Waals surface area contributed by atoms with Crippen LogP contribution < -0.4 is 4.72 Å². The van der Waals surface area contributed by atoms with Gasteiger partial charge in [-0.15, -0.1) is 0 Å². The van der Waals surface area contributed by atoms with Crippen molar-refractivity contribution >= 4 is 12.1 Å². The minimum absolute atomic E-state index is 0.203. The summed E-state index contributed by atoms with van der Waals surface area (Å²) < 4.78 is 5.30. The fourth-order valence-corrected chi connectivity index (χ4v) is 0.685. The molecule has 0 atom stereocenters. The van der Waals surface area contributed by atoms with Crippen molar-refractivity contribution < 1.29 is 0 Å². The van der Waals surface area contributed by atoms with Crippen molar-refractivity contribution in [3.63, 3.8) is 0 Å². The van der Waals surface area contributed by atoms with Crippen LogP contribution in [0.4, 0.5) is 0 Å². The van der Waals surface area contributed by atoms with Crippen LogP contribution in [0.1, 0.15) is 20.8 Å². The largest absolute Gasteiger partial charge is 0.245 e. The Morgan fingerprint density at radius 1 is 1.22 bits per heavy atom. The molecule has 0 heterocycles. The molecule has 0 rings (SSSR count). The molecule has 3 heteroatoms. The zero-order chi connectivity index (χ0) is 7.49. The SMILES string of the molecule is CN(C)SNC(C)(C)C. The molecule has 2 nitrogen and oxygen atoms in total. The number of nitrogens with zero attached hydrogens (tertiary/aromatic N) is 1. The van der Waals surface area contributed by atoms with Crippen LogP contribution in [0.2, 0.25) is 0 Å². The van der Waals surface area contributed by atoms with Gasteiger partial charge in [-0.2, -0.15) is 0 Å². The fraction of sp³-hybridized carbons (Fsp3) is 1.00. The molecule has 1 N–H and O–H groups in total. The minimum Gasteiger partial charge on any atom is -0.245 e. The first-order chi connectivity index (χ1) is 3.92. The predicted octanol–water partition coefficient (Wildman–Crippen LogP) is 1.50. The maximum absolute atomic E-state index is 3.26. The van der Waals surface area contributed by atoms with E-state index in [0.29, 0.717) is 0 Å². The number of rotatable bonds is 2. The van der Waals surface area contributed by atoms with Gasteiger partial charge in [0.25, 0.3) is 0 Å². The predicted molar refractivity (Wildman–Crippen MR) is 44.2 cm³/mol. The lowest BCUT2D eigenvalue weighted by Crippen LogP contribution is -2.32. The fourth-order valence-electron chi connectivity index (χ4n) is 0.228. The van der Waals surface area contributed by atoms with Crippen molar-refractivity contribution in [1.29, 1.82) is 0 Å². The van der Waals surface area contributed by atoms with E-state index in [0.717, 1.165) is 0 Å². The van der Waals surface area contributed by atoms with Crippen LogP contribution in [-0.4, -0.2) is 23.9 Å². The highest BCUT2D eigenvalue weighted by molar-refractivity contribution is 7.95. The van der Waals surface area contributed by atoms with Crippen molar-refractivity contribution in [1.82, 2.24) is 9.03 Å². The molecular formula is C6H16N2S. The average Bonchev–Trinajstić information content (AvgIpc) is 1.59. The minimum atomic E-state index is 0.203. The normalized spacial score (nSPS) is 12.7. The van der Waals surface area contributed by atoms with Gasteiger partial charge in [0.1, 0.15) is 0 Å². The molecule has 0 aliphatic rings. The first-order valence-corrected chi connectivity index (χ1v) is 3.80. The summed E-state index contributed by atoms with van der Waals surface area (Å²) in [7, 11) is 4.03. The van der Waals surface area contributed by atoms with Crippen molar-refractivity contribution in [2.75, 3.05) is 14.1 Å². The van der Waals surface area contributed by atoms with Gasteiger partial charge in [0.05, 0.1) is 0 Å². The highest BCUT2D eigenvalue weighted by atomic mass is 32.2. The van der Waals surface area contributed by atoms with E-state index in [-0.39, 0.29) is 5.54 Å². The topological polar surface area (TPSA) is 15.3 Å². The molecule has 9 heavy (non-hydrogen) atoms. The summed E-state index contributed by atoms with van der Waals surface area (Å²) in [6.07, 6.45) is 0. The van der Waals surface area contributed by atoms with E-state index in [1.165, 1.54) is 0 Å². The molecule has 0 aliphatic carbocycles. The number of nitrogens with one attached hydrogen (secondary N) is 1. The molecule has 56 valence electrons. The van der Waals surface area contributed by atoms with E-state index >= 15 is 0 Å². The third kappa shape index (κ3) is 8.27. The summed E-state index contributed by atoms with van der Waals surface area (Å²) in [6, 6.07) is 0. The van der Waals surface area contributed by atoms with Gasteiger partial charge in [-0.3, -0.25) is 0 Å². The Kier molecular flexibility index (Phi) is 3.54. The van der Waals surface area contributed by atoms with Gasteiger partial charge < -0.3 is 0 Å². The zero-order valence-corrected chi connectivity index (χ0v) is 7.67. The van der Waals surface area contributed by atoms with Crippen LogP contribution in [0.15, 0.2) is 0 Å². The second-order valence-electron chi connectivity index (χ2n) is 3.26. The molecule has 0 aliphatic heterocycles. The van der Waals surface area contributed by atoms with Gasteiger partial charge >= 0.3 is 0 Å². The summed E-state index contributed by atoms with van der Waals surface area (Å²) in [5.74, 6) is 0. The van der Waals surface area contributed by atoms with Crippen molar-refractivity contribution in [3.05, 3.63) is 0 Å². The Labute approximate surface area is 62.3 Å². The van der Waals surface area contributed by atoms with Crippen molar-refractivity contribution in [2.24, 2.45) is 0 Å². The van der Waals surface area contributed by atoms with E-state index in [1.54, 1.807) is 12.1 Å². The quantitative estimate of drug-likeness (QED) is 0.597. The standard InChI is InChI=1S/C6H16N2S/c1-6(2,3)7-9-8(4)5/h7H,1-5H3. The molecule has 0 amide bonds. The van der Waals surface area contributed by atoms with Crippen molar-refractivity contribution in [2.45, 2.75) is 26.3 Å². The lowest BCUT2D eigenvalue weighted by atomic mass is 10.1. The molecule has 0 spiro atoms. The van der Waals surface area contributed by atoms with Gasteiger partial charge in [0.2, 0.25) is 0 Å². The van der Waals surface area contributed by atoms with Crippen LogP contribution >= 0.6 is 12.1 Å². The van der Waals surface area contributed by atoms with Gasteiger partial charge in [-0.1, -0.05) is 0 Å². The molecule has 0 aromatic heterocycles. The maximum Gasteiger partial charge on any atom is 0.0210 e. The number of hydrogen-bond donors (Lipinski definition) is 1. The van der Waals surface area contributed by atoms with Crippen LogP contribution in [0.5, 0.6) is 0 Å². The Hall–Kier alpha value is 0.270. The molecule has 0 aromatic carbocycles.